The van der Waals surface area contributed by atoms with E-state index in [1.165, 1.54) is 37.0 Å². The lowest BCUT2D eigenvalue weighted by atomic mass is 9.84. The summed E-state index contributed by atoms with van der Waals surface area (Å²) in [6.45, 7) is 3.22. The van der Waals surface area contributed by atoms with E-state index in [0.717, 1.165) is 29.3 Å². The second-order valence-corrected chi connectivity index (χ2v) is 7.27. The summed E-state index contributed by atoms with van der Waals surface area (Å²) >= 11 is 8.11. The Morgan fingerprint density at radius 1 is 1.44 bits per heavy atom. The molecule has 1 heterocycles. The molecule has 2 aliphatic rings. The Hall–Kier alpha value is -0.0500. The third-order valence-corrected chi connectivity index (χ3v) is 6.31. The smallest absolute Gasteiger partial charge is 0.0561 e. The first-order chi connectivity index (χ1) is 8.78. The maximum absolute atomic E-state index is 6.31. The van der Waals surface area contributed by atoms with E-state index in [9.17, 15) is 0 Å². The van der Waals surface area contributed by atoms with E-state index in [2.05, 4.69) is 17.6 Å². The standard InChI is InChI=1S/C15H22ClNS/c1-2-17-14(15-13(16)5-6-18-15)9-12-8-10-3-4-11(12)7-10/h5-6,10-12,14,17H,2-4,7-9H2,1H3. The molecule has 2 fully saturated rings. The molecule has 2 saturated carbocycles. The molecule has 0 spiro atoms. The molecule has 0 aliphatic heterocycles. The molecule has 1 aromatic heterocycles. The summed E-state index contributed by atoms with van der Waals surface area (Å²) in [6, 6.07) is 2.51. The van der Waals surface area contributed by atoms with E-state index >= 15 is 0 Å². The van der Waals surface area contributed by atoms with Crippen LogP contribution in [0.5, 0.6) is 0 Å². The topological polar surface area (TPSA) is 12.0 Å². The molecule has 3 rings (SSSR count). The number of thiophene rings is 1. The van der Waals surface area contributed by atoms with Gasteiger partial charge in [0.2, 0.25) is 0 Å². The SMILES string of the molecule is CCNC(CC1CC2CCC1C2)c1sccc1Cl. The molecule has 2 aliphatic carbocycles. The number of rotatable bonds is 5. The first-order valence-corrected chi connectivity index (χ1v) is 8.50. The van der Waals surface area contributed by atoms with Gasteiger partial charge in [0, 0.05) is 10.9 Å². The second-order valence-electron chi connectivity index (χ2n) is 5.91. The molecule has 0 amide bonds. The first-order valence-electron chi connectivity index (χ1n) is 7.24. The summed E-state index contributed by atoms with van der Waals surface area (Å²) < 4.78 is 0. The summed E-state index contributed by atoms with van der Waals surface area (Å²) in [6.07, 6.45) is 7.23. The molecule has 1 nitrogen and oxygen atoms in total. The monoisotopic (exact) mass is 283 g/mol. The van der Waals surface area contributed by atoms with Crippen LogP contribution in [0.25, 0.3) is 0 Å². The quantitative estimate of drug-likeness (QED) is 0.812. The fraction of sp³-hybridized carbons (Fsp3) is 0.733. The number of hydrogen-bond acceptors (Lipinski definition) is 2. The number of halogens is 1. The van der Waals surface area contributed by atoms with E-state index < -0.39 is 0 Å². The van der Waals surface area contributed by atoms with Crippen LogP contribution in [0.2, 0.25) is 5.02 Å². The Morgan fingerprint density at radius 3 is 2.89 bits per heavy atom. The highest BCUT2D eigenvalue weighted by Gasteiger charge is 2.40. The summed E-state index contributed by atoms with van der Waals surface area (Å²) in [5.74, 6) is 2.99. The highest BCUT2D eigenvalue weighted by molar-refractivity contribution is 7.10. The molecule has 18 heavy (non-hydrogen) atoms. The first kappa shape index (κ1) is 13.0. The van der Waals surface area contributed by atoms with Crippen LogP contribution in [-0.2, 0) is 0 Å². The molecule has 0 radical (unpaired) electrons. The van der Waals surface area contributed by atoms with Gasteiger partial charge in [-0.05, 0) is 61.4 Å². The predicted molar refractivity (Wildman–Crippen MR) is 79.3 cm³/mol. The van der Waals surface area contributed by atoms with Crippen molar-refractivity contribution < 1.29 is 0 Å². The van der Waals surface area contributed by atoms with E-state index in [1.807, 2.05) is 6.07 Å². The fourth-order valence-electron chi connectivity index (χ4n) is 4.05. The molecule has 4 atom stereocenters. The maximum atomic E-state index is 6.31. The van der Waals surface area contributed by atoms with Crippen molar-refractivity contribution in [2.75, 3.05) is 6.54 Å². The van der Waals surface area contributed by atoms with Gasteiger partial charge in [0.05, 0.1) is 5.02 Å². The average molecular weight is 284 g/mol. The lowest BCUT2D eigenvalue weighted by Crippen LogP contribution is -2.25. The van der Waals surface area contributed by atoms with Gasteiger partial charge in [-0.3, -0.25) is 0 Å². The lowest BCUT2D eigenvalue weighted by Gasteiger charge is -2.27. The molecule has 1 N–H and O–H groups in total. The van der Waals surface area contributed by atoms with Crippen LogP contribution in [-0.4, -0.2) is 6.54 Å². The van der Waals surface area contributed by atoms with Crippen molar-refractivity contribution in [2.24, 2.45) is 17.8 Å². The van der Waals surface area contributed by atoms with Crippen molar-refractivity contribution in [1.82, 2.24) is 5.32 Å². The van der Waals surface area contributed by atoms with Crippen LogP contribution in [0.3, 0.4) is 0 Å². The van der Waals surface area contributed by atoms with Gasteiger partial charge in [-0.15, -0.1) is 11.3 Å². The van der Waals surface area contributed by atoms with Crippen LogP contribution in [0.4, 0.5) is 0 Å². The van der Waals surface area contributed by atoms with Crippen LogP contribution in [0.1, 0.15) is 49.9 Å². The van der Waals surface area contributed by atoms with E-state index in [-0.39, 0.29) is 0 Å². The van der Waals surface area contributed by atoms with Crippen molar-refractivity contribution in [3.8, 4) is 0 Å². The normalized spacial score (nSPS) is 32.0. The molecule has 3 heteroatoms. The van der Waals surface area contributed by atoms with Gasteiger partial charge in [0.15, 0.2) is 0 Å². The Bertz CT molecular complexity index is 403. The van der Waals surface area contributed by atoms with Crippen molar-refractivity contribution >= 4 is 22.9 Å². The minimum absolute atomic E-state index is 0.479. The molecular formula is C15H22ClNS. The summed E-state index contributed by atoms with van der Waals surface area (Å²) in [5.41, 5.74) is 0. The third kappa shape index (κ3) is 2.48. The van der Waals surface area contributed by atoms with Crippen LogP contribution >= 0.6 is 22.9 Å². The van der Waals surface area contributed by atoms with Crippen LogP contribution in [0.15, 0.2) is 11.4 Å². The number of fused-ring (bicyclic) bond motifs is 2. The zero-order chi connectivity index (χ0) is 12.5. The Kier molecular flexibility index (Phi) is 3.97. The van der Waals surface area contributed by atoms with E-state index in [0.29, 0.717) is 6.04 Å². The lowest BCUT2D eigenvalue weighted by molar-refractivity contribution is 0.282. The van der Waals surface area contributed by atoms with E-state index in [4.69, 9.17) is 11.6 Å². The second kappa shape index (κ2) is 5.52. The minimum atomic E-state index is 0.479. The molecular weight excluding hydrogens is 262 g/mol. The summed E-state index contributed by atoms with van der Waals surface area (Å²) in [4.78, 5) is 1.35. The third-order valence-electron chi connectivity index (χ3n) is 4.83. The van der Waals surface area contributed by atoms with Gasteiger partial charge in [-0.25, -0.2) is 0 Å². The van der Waals surface area contributed by atoms with Gasteiger partial charge in [-0.2, -0.15) is 0 Å². The Labute approximate surface area is 119 Å². The molecule has 1 aromatic rings. The van der Waals surface area contributed by atoms with Crippen molar-refractivity contribution in [3.63, 3.8) is 0 Å². The van der Waals surface area contributed by atoms with Crippen molar-refractivity contribution in [3.05, 3.63) is 21.3 Å². The maximum Gasteiger partial charge on any atom is 0.0561 e. The summed E-state index contributed by atoms with van der Waals surface area (Å²) in [7, 11) is 0. The molecule has 0 aromatic carbocycles. The van der Waals surface area contributed by atoms with Gasteiger partial charge < -0.3 is 5.32 Å². The average Bonchev–Trinajstić information content (AvgIpc) is 3.04. The highest BCUT2D eigenvalue weighted by atomic mass is 35.5. The zero-order valence-corrected chi connectivity index (χ0v) is 12.6. The predicted octanol–water partition coefficient (Wildman–Crippen LogP) is 4.88. The van der Waals surface area contributed by atoms with Gasteiger partial charge in [0.1, 0.15) is 0 Å². The van der Waals surface area contributed by atoms with Crippen molar-refractivity contribution in [2.45, 2.75) is 45.1 Å². The molecule has 2 bridgehead atoms. The molecule has 100 valence electrons. The fourth-order valence-corrected chi connectivity index (χ4v) is 5.33. The molecule has 4 unspecified atom stereocenters. The van der Waals surface area contributed by atoms with Gasteiger partial charge >= 0.3 is 0 Å². The number of nitrogens with one attached hydrogen (secondary N) is 1. The van der Waals surface area contributed by atoms with Gasteiger partial charge in [0.25, 0.3) is 0 Å². The Balaban J connectivity index is 1.69. The van der Waals surface area contributed by atoms with Crippen molar-refractivity contribution in [1.29, 1.82) is 0 Å². The minimum Gasteiger partial charge on any atom is -0.309 e. The van der Waals surface area contributed by atoms with Crippen LogP contribution < -0.4 is 5.32 Å². The highest BCUT2D eigenvalue weighted by Crippen LogP contribution is 2.51. The van der Waals surface area contributed by atoms with Gasteiger partial charge in [-0.1, -0.05) is 24.9 Å². The summed E-state index contributed by atoms with van der Waals surface area (Å²) in [5, 5.41) is 6.70. The largest absolute Gasteiger partial charge is 0.309 e. The Morgan fingerprint density at radius 2 is 2.33 bits per heavy atom. The zero-order valence-electron chi connectivity index (χ0n) is 11.0. The van der Waals surface area contributed by atoms with E-state index in [1.54, 1.807) is 11.3 Å². The molecule has 0 saturated heterocycles. The van der Waals surface area contributed by atoms with Crippen LogP contribution in [0, 0.1) is 17.8 Å². The number of hydrogen-bond donors (Lipinski definition) is 1.